The lowest BCUT2D eigenvalue weighted by molar-refractivity contribution is -0.373. The van der Waals surface area contributed by atoms with Gasteiger partial charge in [0.05, 0.1) is 0 Å². The van der Waals surface area contributed by atoms with Crippen molar-refractivity contribution in [1.82, 2.24) is 0 Å². The quantitative estimate of drug-likeness (QED) is 0.604. The predicted octanol–water partition coefficient (Wildman–Crippen LogP) is 3.44. The van der Waals surface area contributed by atoms with Gasteiger partial charge in [-0.3, -0.25) is 0 Å². The van der Waals surface area contributed by atoms with E-state index >= 15 is 0 Å². The number of hydrogen-bond acceptors (Lipinski definition) is 1. The molecular formula is C11H12F6O. The van der Waals surface area contributed by atoms with Crippen LogP contribution in [-0.4, -0.2) is 23.1 Å². The molecule has 0 heterocycles. The lowest BCUT2D eigenvalue weighted by atomic mass is 9.82. The first-order chi connectivity index (χ1) is 8.04. The highest BCUT2D eigenvalue weighted by molar-refractivity contribution is 5.12. The monoisotopic (exact) mass is 274 g/mol. The molecule has 2 aliphatic carbocycles. The van der Waals surface area contributed by atoms with Gasteiger partial charge in [-0.1, -0.05) is 12.2 Å². The Bertz CT molecular complexity index is 342. The van der Waals surface area contributed by atoms with Gasteiger partial charge in [-0.05, 0) is 37.0 Å². The highest BCUT2D eigenvalue weighted by Crippen LogP contribution is 2.53. The summed E-state index contributed by atoms with van der Waals surface area (Å²) in [5, 5.41) is 9.10. The first-order valence-corrected chi connectivity index (χ1v) is 5.59. The first kappa shape index (κ1) is 13.7. The average molecular weight is 274 g/mol. The fourth-order valence-corrected chi connectivity index (χ4v) is 2.90. The molecule has 0 unspecified atom stereocenters. The van der Waals surface area contributed by atoms with Crippen LogP contribution in [0.25, 0.3) is 0 Å². The van der Waals surface area contributed by atoms with Crippen molar-refractivity contribution < 1.29 is 31.4 Å². The van der Waals surface area contributed by atoms with Crippen molar-refractivity contribution in [3.05, 3.63) is 12.2 Å². The molecular weight excluding hydrogens is 262 g/mol. The summed E-state index contributed by atoms with van der Waals surface area (Å²) in [6, 6.07) is 0. The van der Waals surface area contributed by atoms with Gasteiger partial charge in [0.25, 0.3) is 5.60 Å². The second-order valence-corrected chi connectivity index (χ2v) is 5.10. The van der Waals surface area contributed by atoms with Gasteiger partial charge in [0.15, 0.2) is 0 Å². The molecule has 2 rings (SSSR count). The summed E-state index contributed by atoms with van der Waals surface area (Å²) >= 11 is 0. The zero-order valence-electron chi connectivity index (χ0n) is 9.22. The highest BCUT2D eigenvalue weighted by atomic mass is 19.4. The Morgan fingerprint density at radius 3 is 1.83 bits per heavy atom. The Kier molecular flexibility index (Phi) is 2.96. The third kappa shape index (κ3) is 2.02. The van der Waals surface area contributed by atoms with Crippen molar-refractivity contribution in [2.24, 2.45) is 17.8 Å². The van der Waals surface area contributed by atoms with Gasteiger partial charge in [0, 0.05) is 0 Å². The number of rotatable bonds is 2. The van der Waals surface area contributed by atoms with Crippen LogP contribution < -0.4 is 0 Å². The Labute approximate surface area is 99.5 Å². The minimum absolute atomic E-state index is 0.0608. The summed E-state index contributed by atoms with van der Waals surface area (Å²) in [5.74, 6) is -0.967. The maximum Gasteiger partial charge on any atom is 0.426 e. The number of aliphatic hydroxyl groups is 1. The molecule has 2 bridgehead atoms. The number of alkyl halides is 6. The van der Waals surface area contributed by atoms with Crippen LogP contribution in [0.2, 0.25) is 0 Å². The summed E-state index contributed by atoms with van der Waals surface area (Å²) in [5.41, 5.74) is -4.59. The van der Waals surface area contributed by atoms with Gasteiger partial charge in [0.2, 0.25) is 0 Å². The smallest absolute Gasteiger partial charge is 0.374 e. The van der Waals surface area contributed by atoms with Crippen LogP contribution in [0.5, 0.6) is 0 Å². The van der Waals surface area contributed by atoms with E-state index in [9.17, 15) is 26.3 Å². The van der Waals surface area contributed by atoms with Crippen LogP contribution in [0.15, 0.2) is 12.2 Å². The van der Waals surface area contributed by atoms with Crippen LogP contribution in [0, 0.1) is 17.8 Å². The summed E-state index contributed by atoms with van der Waals surface area (Å²) in [4.78, 5) is 0. The number of allylic oxidation sites excluding steroid dienone is 2. The maximum atomic E-state index is 12.5. The molecule has 0 aromatic carbocycles. The fraction of sp³-hybridized carbons (Fsp3) is 0.818. The second-order valence-electron chi connectivity index (χ2n) is 5.10. The minimum Gasteiger partial charge on any atom is -0.374 e. The Balaban J connectivity index is 2.19. The van der Waals surface area contributed by atoms with Crippen LogP contribution in [0.3, 0.4) is 0 Å². The largest absolute Gasteiger partial charge is 0.426 e. The van der Waals surface area contributed by atoms with Crippen LogP contribution in [0.4, 0.5) is 26.3 Å². The summed E-state index contributed by atoms with van der Waals surface area (Å²) in [7, 11) is 0. The number of halogens is 6. The normalized spacial score (nSPS) is 32.3. The maximum absolute atomic E-state index is 12.5. The lowest BCUT2D eigenvalue weighted by Gasteiger charge is -2.35. The number of hydrogen-bond donors (Lipinski definition) is 1. The molecule has 0 radical (unpaired) electrons. The standard InChI is InChI=1S/C11H12F6O/c12-10(13,14)9(18,11(15,16)17)5-8-4-6-1-2-7(8)3-6/h1-2,6-8,18H,3-5H2/t6-,7+,8+/m0/s1. The van der Waals surface area contributed by atoms with E-state index in [2.05, 4.69) is 0 Å². The van der Waals surface area contributed by atoms with E-state index in [1.54, 1.807) is 6.08 Å². The van der Waals surface area contributed by atoms with Crippen molar-refractivity contribution >= 4 is 0 Å². The highest BCUT2D eigenvalue weighted by Gasteiger charge is 2.71. The van der Waals surface area contributed by atoms with E-state index in [4.69, 9.17) is 5.11 Å². The molecule has 0 spiro atoms. The van der Waals surface area contributed by atoms with Crippen molar-refractivity contribution in [1.29, 1.82) is 0 Å². The van der Waals surface area contributed by atoms with Gasteiger partial charge < -0.3 is 5.11 Å². The Morgan fingerprint density at radius 1 is 0.944 bits per heavy atom. The van der Waals surface area contributed by atoms with Crippen molar-refractivity contribution in [3.8, 4) is 0 Å². The predicted molar refractivity (Wildman–Crippen MR) is 50.5 cm³/mol. The van der Waals surface area contributed by atoms with E-state index in [0.29, 0.717) is 6.42 Å². The molecule has 1 nitrogen and oxygen atoms in total. The zero-order valence-corrected chi connectivity index (χ0v) is 9.22. The van der Waals surface area contributed by atoms with E-state index in [1.807, 2.05) is 6.08 Å². The third-order valence-electron chi connectivity index (χ3n) is 3.91. The summed E-state index contributed by atoms with van der Waals surface area (Å²) in [6.07, 6.45) is -8.33. The Hall–Kier alpha value is -0.720. The molecule has 0 saturated heterocycles. The molecule has 7 heteroatoms. The molecule has 1 N–H and O–H groups in total. The van der Waals surface area contributed by atoms with Crippen LogP contribution >= 0.6 is 0 Å². The molecule has 0 aliphatic heterocycles. The first-order valence-electron chi connectivity index (χ1n) is 5.59. The zero-order chi connectivity index (χ0) is 13.8. The van der Waals surface area contributed by atoms with Gasteiger partial charge in [-0.25, -0.2) is 0 Å². The van der Waals surface area contributed by atoms with E-state index in [-0.39, 0.29) is 18.3 Å². The van der Waals surface area contributed by atoms with Gasteiger partial charge >= 0.3 is 12.4 Å². The van der Waals surface area contributed by atoms with E-state index < -0.39 is 30.3 Å². The molecule has 104 valence electrons. The summed E-state index contributed by atoms with van der Waals surface area (Å²) < 4.78 is 75.0. The third-order valence-corrected chi connectivity index (χ3v) is 3.91. The van der Waals surface area contributed by atoms with Gasteiger partial charge in [-0.2, -0.15) is 26.3 Å². The van der Waals surface area contributed by atoms with E-state index in [0.717, 1.165) is 0 Å². The molecule has 0 aromatic heterocycles. The molecule has 1 fully saturated rings. The minimum atomic E-state index is -5.70. The molecule has 0 amide bonds. The molecule has 2 aliphatic rings. The summed E-state index contributed by atoms with van der Waals surface area (Å²) in [6.45, 7) is 0. The SMILES string of the molecule is OC(C[C@H]1C[C@H]2C=C[C@@H]1C2)(C(F)(F)F)C(F)(F)F. The lowest BCUT2D eigenvalue weighted by Crippen LogP contribution is -2.58. The van der Waals surface area contributed by atoms with Crippen LogP contribution in [0.1, 0.15) is 19.3 Å². The van der Waals surface area contributed by atoms with Crippen molar-refractivity contribution in [2.75, 3.05) is 0 Å². The van der Waals surface area contributed by atoms with Gasteiger partial charge in [0.1, 0.15) is 0 Å². The Morgan fingerprint density at radius 2 is 1.50 bits per heavy atom. The molecule has 18 heavy (non-hydrogen) atoms. The molecule has 3 atom stereocenters. The second kappa shape index (κ2) is 3.88. The topological polar surface area (TPSA) is 20.2 Å². The van der Waals surface area contributed by atoms with Crippen molar-refractivity contribution in [3.63, 3.8) is 0 Å². The number of fused-ring (bicyclic) bond motifs is 2. The van der Waals surface area contributed by atoms with Crippen LogP contribution in [-0.2, 0) is 0 Å². The van der Waals surface area contributed by atoms with Crippen molar-refractivity contribution in [2.45, 2.75) is 37.2 Å². The molecule has 1 saturated carbocycles. The average Bonchev–Trinajstić information content (AvgIpc) is 2.75. The van der Waals surface area contributed by atoms with Gasteiger partial charge in [-0.15, -0.1) is 0 Å². The molecule has 0 aromatic rings. The fourth-order valence-electron chi connectivity index (χ4n) is 2.90. The van der Waals surface area contributed by atoms with E-state index in [1.165, 1.54) is 0 Å².